The zero-order valence-corrected chi connectivity index (χ0v) is 12.1. The van der Waals surface area contributed by atoms with E-state index in [2.05, 4.69) is 17.6 Å². The lowest BCUT2D eigenvalue weighted by atomic mass is 10.1. The van der Waals surface area contributed by atoms with Gasteiger partial charge >= 0.3 is 6.03 Å². The summed E-state index contributed by atoms with van der Waals surface area (Å²) in [6, 6.07) is 14.5. The number of hydrogen-bond donors (Lipinski definition) is 2. The molecule has 0 fully saturated rings. The first-order valence-electron chi connectivity index (χ1n) is 6.80. The van der Waals surface area contributed by atoms with Gasteiger partial charge in [-0.2, -0.15) is 5.26 Å². The van der Waals surface area contributed by atoms with Gasteiger partial charge in [-0.3, -0.25) is 0 Å². The first kappa shape index (κ1) is 14.6. The lowest BCUT2D eigenvalue weighted by molar-refractivity contribution is 0.262. The number of carbonyl (C=O) groups excluding carboxylic acids is 1. The Bertz CT molecular complexity index is 684. The maximum atomic E-state index is 12.1. The zero-order valence-electron chi connectivity index (χ0n) is 12.1. The Morgan fingerprint density at radius 1 is 1.14 bits per heavy atom. The fourth-order valence-corrected chi connectivity index (χ4v) is 2.11. The molecule has 4 nitrogen and oxygen atoms in total. The van der Waals surface area contributed by atoms with Gasteiger partial charge in [0, 0.05) is 11.4 Å². The topological polar surface area (TPSA) is 64.9 Å². The van der Waals surface area contributed by atoms with Crippen LogP contribution in [0.2, 0.25) is 0 Å². The van der Waals surface area contributed by atoms with E-state index in [1.807, 2.05) is 31.2 Å². The molecule has 2 N–H and O–H groups in total. The van der Waals surface area contributed by atoms with Crippen molar-refractivity contribution < 1.29 is 4.79 Å². The van der Waals surface area contributed by atoms with Crippen LogP contribution in [0.25, 0.3) is 0 Å². The van der Waals surface area contributed by atoms with Crippen molar-refractivity contribution in [3.05, 3.63) is 59.2 Å². The maximum absolute atomic E-state index is 12.1. The van der Waals surface area contributed by atoms with E-state index in [0.29, 0.717) is 11.3 Å². The van der Waals surface area contributed by atoms with Gasteiger partial charge in [0.1, 0.15) is 0 Å². The average Bonchev–Trinajstić information content (AvgIpc) is 2.50. The Morgan fingerprint density at radius 2 is 1.86 bits per heavy atom. The van der Waals surface area contributed by atoms with Crippen molar-refractivity contribution in [2.24, 2.45) is 0 Å². The molecule has 0 radical (unpaired) electrons. The zero-order chi connectivity index (χ0) is 15.2. The van der Waals surface area contributed by atoms with E-state index < -0.39 is 0 Å². The summed E-state index contributed by atoms with van der Waals surface area (Å²) in [5.74, 6) is 0. The van der Waals surface area contributed by atoms with Crippen molar-refractivity contribution >= 4 is 17.4 Å². The molecule has 21 heavy (non-hydrogen) atoms. The lowest BCUT2D eigenvalue weighted by Gasteiger charge is -2.13. The summed E-state index contributed by atoms with van der Waals surface area (Å²) >= 11 is 0. The molecule has 2 aromatic carbocycles. The molecule has 0 aliphatic rings. The minimum atomic E-state index is -0.288. The van der Waals surface area contributed by atoms with Gasteiger partial charge in [0.15, 0.2) is 0 Å². The second-order valence-electron chi connectivity index (χ2n) is 4.73. The number of urea groups is 1. The smallest absolute Gasteiger partial charge is 0.308 e. The quantitative estimate of drug-likeness (QED) is 0.889. The third kappa shape index (κ3) is 3.61. The van der Waals surface area contributed by atoms with Gasteiger partial charge in [-0.25, -0.2) is 4.79 Å². The molecule has 0 aromatic heterocycles. The highest BCUT2D eigenvalue weighted by molar-refractivity contribution is 6.00. The summed E-state index contributed by atoms with van der Waals surface area (Å²) < 4.78 is 0. The second kappa shape index (κ2) is 6.58. The Morgan fingerprint density at radius 3 is 2.48 bits per heavy atom. The summed E-state index contributed by atoms with van der Waals surface area (Å²) in [5.41, 5.74) is 4.20. The van der Waals surface area contributed by atoms with E-state index in [-0.39, 0.29) is 6.03 Å². The van der Waals surface area contributed by atoms with E-state index in [9.17, 15) is 4.79 Å². The number of nitriles is 1. The predicted molar refractivity (Wildman–Crippen MR) is 84.4 cm³/mol. The third-order valence-electron chi connectivity index (χ3n) is 3.25. The molecule has 0 saturated carbocycles. The van der Waals surface area contributed by atoms with Crippen LogP contribution in [0.1, 0.15) is 23.6 Å². The molecule has 0 atom stereocenters. The van der Waals surface area contributed by atoms with E-state index in [1.54, 1.807) is 24.3 Å². The van der Waals surface area contributed by atoms with Crippen LogP contribution in [0.3, 0.4) is 0 Å². The molecule has 0 spiro atoms. The van der Waals surface area contributed by atoms with Gasteiger partial charge in [0.05, 0.1) is 11.6 Å². The number of nitrogens with zero attached hydrogens (tertiary/aromatic N) is 1. The van der Waals surface area contributed by atoms with Gasteiger partial charge in [-0.1, -0.05) is 25.1 Å². The molecular weight excluding hydrogens is 262 g/mol. The van der Waals surface area contributed by atoms with Crippen molar-refractivity contribution in [2.75, 3.05) is 10.6 Å². The highest BCUT2D eigenvalue weighted by atomic mass is 16.2. The fraction of sp³-hybridized carbons (Fsp3) is 0.176. The number of nitrogens with one attached hydrogen (secondary N) is 2. The number of hydrogen-bond acceptors (Lipinski definition) is 2. The number of carbonyl (C=O) groups is 1. The van der Waals surface area contributed by atoms with Crippen LogP contribution in [0.4, 0.5) is 16.2 Å². The number of aryl methyl sites for hydroxylation is 2. The number of para-hydroxylation sites is 1. The molecule has 2 aromatic rings. The molecule has 0 bridgehead atoms. The van der Waals surface area contributed by atoms with Gasteiger partial charge in [-0.05, 0) is 48.7 Å². The van der Waals surface area contributed by atoms with Gasteiger partial charge in [-0.15, -0.1) is 0 Å². The summed E-state index contributed by atoms with van der Waals surface area (Å²) in [7, 11) is 0. The first-order chi connectivity index (χ1) is 10.1. The van der Waals surface area contributed by atoms with Crippen LogP contribution in [0.5, 0.6) is 0 Å². The average molecular weight is 279 g/mol. The molecular formula is C17H17N3O. The number of benzene rings is 2. The molecule has 0 aliphatic carbocycles. The van der Waals surface area contributed by atoms with Crippen molar-refractivity contribution in [2.45, 2.75) is 20.3 Å². The van der Waals surface area contributed by atoms with Crippen molar-refractivity contribution in [3.63, 3.8) is 0 Å². The standard InChI is InChI=1S/C17H17N3O/c1-3-14-6-4-5-12(2)16(14)20-17(21)19-15-9-7-13(11-18)8-10-15/h4-10H,3H2,1-2H3,(H2,19,20,21). The molecule has 0 unspecified atom stereocenters. The first-order valence-corrected chi connectivity index (χ1v) is 6.80. The molecule has 0 heterocycles. The lowest BCUT2D eigenvalue weighted by Crippen LogP contribution is -2.20. The third-order valence-corrected chi connectivity index (χ3v) is 3.25. The van der Waals surface area contributed by atoms with Gasteiger partial charge in [0.2, 0.25) is 0 Å². The summed E-state index contributed by atoms with van der Waals surface area (Å²) in [5, 5.41) is 14.4. The predicted octanol–water partition coefficient (Wildman–Crippen LogP) is 4.07. The Balaban J connectivity index is 2.10. The molecule has 0 aliphatic heterocycles. The number of anilines is 2. The van der Waals surface area contributed by atoms with Crippen LogP contribution in [-0.2, 0) is 6.42 Å². The molecule has 2 amide bonds. The molecule has 106 valence electrons. The Labute approximate surface area is 124 Å². The molecule has 0 saturated heterocycles. The van der Waals surface area contributed by atoms with E-state index in [4.69, 9.17) is 5.26 Å². The molecule has 4 heteroatoms. The van der Waals surface area contributed by atoms with Crippen LogP contribution in [-0.4, -0.2) is 6.03 Å². The second-order valence-corrected chi connectivity index (χ2v) is 4.73. The maximum Gasteiger partial charge on any atom is 0.323 e. The van der Waals surface area contributed by atoms with Crippen molar-refractivity contribution in [1.29, 1.82) is 5.26 Å². The van der Waals surface area contributed by atoms with Gasteiger partial charge < -0.3 is 10.6 Å². The minimum absolute atomic E-state index is 0.288. The SMILES string of the molecule is CCc1cccc(C)c1NC(=O)Nc1ccc(C#N)cc1. The van der Waals surface area contributed by atoms with E-state index in [0.717, 1.165) is 23.2 Å². The van der Waals surface area contributed by atoms with Crippen molar-refractivity contribution in [3.8, 4) is 6.07 Å². The minimum Gasteiger partial charge on any atom is -0.308 e. The molecule has 2 rings (SSSR count). The van der Waals surface area contributed by atoms with E-state index >= 15 is 0 Å². The highest BCUT2D eigenvalue weighted by Gasteiger charge is 2.08. The fourth-order valence-electron chi connectivity index (χ4n) is 2.11. The van der Waals surface area contributed by atoms with Crippen LogP contribution in [0, 0.1) is 18.3 Å². The van der Waals surface area contributed by atoms with E-state index in [1.165, 1.54) is 0 Å². The summed E-state index contributed by atoms with van der Waals surface area (Å²) in [6.45, 7) is 4.02. The Kier molecular flexibility index (Phi) is 4.57. The van der Waals surface area contributed by atoms with Crippen LogP contribution >= 0.6 is 0 Å². The van der Waals surface area contributed by atoms with Crippen LogP contribution in [0.15, 0.2) is 42.5 Å². The largest absolute Gasteiger partial charge is 0.323 e. The summed E-state index contributed by atoms with van der Waals surface area (Å²) in [6.07, 6.45) is 0.855. The monoisotopic (exact) mass is 279 g/mol. The van der Waals surface area contributed by atoms with Crippen molar-refractivity contribution in [1.82, 2.24) is 0 Å². The number of rotatable bonds is 3. The normalized spacial score (nSPS) is 9.76. The summed E-state index contributed by atoms with van der Waals surface area (Å²) in [4.78, 5) is 12.1. The van der Waals surface area contributed by atoms with Crippen LogP contribution < -0.4 is 10.6 Å². The number of amides is 2. The van der Waals surface area contributed by atoms with Gasteiger partial charge in [0.25, 0.3) is 0 Å². The highest BCUT2D eigenvalue weighted by Crippen LogP contribution is 2.21. The Hall–Kier alpha value is -2.80.